The van der Waals surface area contributed by atoms with Crippen molar-refractivity contribution in [3.05, 3.63) is 84.6 Å². The van der Waals surface area contributed by atoms with E-state index in [-0.39, 0.29) is 29.0 Å². The smallest absolute Gasteiger partial charge is 0.312 e. The molecule has 46 heavy (non-hydrogen) atoms. The number of carbonyl (C=O) groups is 3. The Hall–Kier alpha value is -4.99. The van der Waals surface area contributed by atoms with Crippen molar-refractivity contribution < 1.29 is 27.6 Å². The summed E-state index contributed by atoms with van der Waals surface area (Å²) in [6.45, 7) is 1.68. The molecule has 0 N–H and O–H groups in total. The molecule has 0 aliphatic carbocycles. The molecule has 3 saturated heterocycles. The Morgan fingerprint density at radius 1 is 0.565 bits per heavy atom. The van der Waals surface area contributed by atoms with Crippen molar-refractivity contribution in [2.75, 3.05) is 34.3 Å². The van der Waals surface area contributed by atoms with Gasteiger partial charge in [-0.25, -0.2) is 0 Å². The summed E-state index contributed by atoms with van der Waals surface area (Å²) in [6.07, 6.45) is 0.602. The van der Waals surface area contributed by atoms with Gasteiger partial charge >= 0.3 is 6.18 Å². The second-order valence-electron chi connectivity index (χ2n) is 11.9. The van der Waals surface area contributed by atoms with Crippen LogP contribution in [-0.4, -0.2) is 42.3 Å². The minimum absolute atomic E-state index is 0.00483. The molecule has 0 unspecified atom stereocenters. The first-order valence-corrected chi connectivity index (χ1v) is 15.5. The molecule has 3 fully saturated rings. The van der Waals surface area contributed by atoms with Crippen LogP contribution in [0.25, 0.3) is 33.5 Å². The average molecular weight is 625 g/mol. The van der Waals surface area contributed by atoms with E-state index in [0.717, 1.165) is 47.6 Å². The zero-order chi connectivity index (χ0) is 32.0. The third kappa shape index (κ3) is 5.42. The molecule has 7 nitrogen and oxygen atoms in total. The van der Waals surface area contributed by atoms with Crippen LogP contribution in [0.2, 0.25) is 0 Å². The second-order valence-corrected chi connectivity index (χ2v) is 11.9. The molecule has 3 amide bonds. The SMILES string of the molecule is O=C1CCCN1c1cc(N2CCCC2=O)c(N2CCCC2=O)cc1-c1ccc(-c2ccc(-c3ccccc3C(F)(F)F)nc2)cc1. The highest BCUT2D eigenvalue weighted by Crippen LogP contribution is 2.45. The van der Waals surface area contributed by atoms with Crippen LogP contribution in [0.1, 0.15) is 44.1 Å². The van der Waals surface area contributed by atoms with Crippen LogP contribution in [0.4, 0.5) is 30.2 Å². The van der Waals surface area contributed by atoms with Crippen molar-refractivity contribution in [2.45, 2.75) is 44.7 Å². The van der Waals surface area contributed by atoms with Gasteiger partial charge in [0.05, 0.1) is 28.3 Å². The van der Waals surface area contributed by atoms with E-state index in [4.69, 9.17) is 0 Å². The molecule has 4 aromatic rings. The van der Waals surface area contributed by atoms with E-state index < -0.39 is 11.7 Å². The maximum atomic E-state index is 13.6. The topological polar surface area (TPSA) is 73.8 Å². The highest BCUT2D eigenvalue weighted by Gasteiger charge is 2.35. The van der Waals surface area contributed by atoms with Gasteiger partial charge in [0.15, 0.2) is 0 Å². The molecule has 0 spiro atoms. The molecule has 0 radical (unpaired) electrons. The second kappa shape index (κ2) is 11.7. The first kappa shape index (κ1) is 29.7. The van der Waals surface area contributed by atoms with Gasteiger partial charge in [0.25, 0.3) is 0 Å². The van der Waals surface area contributed by atoms with E-state index >= 15 is 0 Å². The number of hydrogen-bond donors (Lipinski definition) is 0. The quantitative estimate of drug-likeness (QED) is 0.223. The number of aromatic nitrogens is 1. The van der Waals surface area contributed by atoms with Crippen molar-refractivity contribution in [3.63, 3.8) is 0 Å². The molecule has 3 aliphatic rings. The largest absolute Gasteiger partial charge is 0.417 e. The van der Waals surface area contributed by atoms with Gasteiger partial charge in [-0.3, -0.25) is 19.4 Å². The molecular formula is C36H31F3N4O3. The summed E-state index contributed by atoms with van der Waals surface area (Å²) >= 11 is 0. The first-order chi connectivity index (χ1) is 22.2. The monoisotopic (exact) mass is 624 g/mol. The zero-order valence-electron chi connectivity index (χ0n) is 25.0. The Morgan fingerprint density at radius 3 is 1.61 bits per heavy atom. The maximum Gasteiger partial charge on any atom is 0.417 e. The number of anilines is 3. The van der Waals surface area contributed by atoms with Gasteiger partial charge in [-0.05, 0) is 54.7 Å². The standard InChI is InChI=1S/C36H31F3N4O3/c37-36(38,39)28-7-2-1-6-26(28)29-16-15-25(22-40-29)23-11-13-24(14-12-23)27-20-31(42-18-4-9-34(42)45)32(43-19-5-10-35(43)46)21-30(27)41-17-3-8-33(41)44/h1-2,6-7,11-16,20-22H,3-5,8-10,17-19H2. The van der Waals surface area contributed by atoms with Crippen LogP contribution in [0, 0.1) is 0 Å². The lowest BCUT2D eigenvalue weighted by atomic mass is 9.97. The number of hydrogen-bond acceptors (Lipinski definition) is 4. The van der Waals surface area contributed by atoms with Crippen LogP contribution in [0.15, 0.2) is 79.0 Å². The van der Waals surface area contributed by atoms with E-state index in [9.17, 15) is 27.6 Å². The fourth-order valence-electron chi connectivity index (χ4n) is 6.68. The number of nitrogens with zero attached hydrogens (tertiary/aromatic N) is 4. The number of pyridine rings is 1. The third-order valence-corrected chi connectivity index (χ3v) is 8.99. The van der Waals surface area contributed by atoms with Crippen LogP contribution < -0.4 is 14.7 Å². The van der Waals surface area contributed by atoms with E-state index in [2.05, 4.69) is 4.98 Å². The van der Waals surface area contributed by atoms with E-state index in [0.29, 0.717) is 56.0 Å². The molecule has 3 aromatic carbocycles. The van der Waals surface area contributed by atoms with Gasteiger partial charge in [-0.15, -0.1) is 0 Å². The summed E-state index contributed by atoms with van der Waals surface area (Å²) in [5.41, 5.74) is 4.72. The molecule has 3 aliphatic heterocycles. The predicted molar refractivity (Wildman–Crippen MR) is 170 cm³/mol. The van der Waals surface area contributed by atoms with Gasteiger partial charge < -0.3 is 14.7 Å². The van der Waals surface area contributed by atoms with Crippen molar-refractivity contribution in [3.8, 4) is 33.5 Å². The Labute approximate surface area is 264 Å². The van der Waals surface area contributed by atoms with Gasteiger partial charge in [-0.1, -0.05) is 48.5 Å². The van der Waals surface area contributed by atoms with Crippen molar-refractivity contribution in [1.82, 2.24) is 4.98 Å². The van der Waals surface area contributed by atoms with Crippen molar-refractivity contribution in [1.29, 1.82) is 0 Å². The average Bonchev–Trinajstić information content (AvgIpc) is 3.81. The molecule has 0 saturated carbocycles. The van der Waals surface area contributed by atoms with Gasteiger partial charge in [0.2, 0.25) is 17.7 Å². The third-order valence-electron chi connectivity index (χ3n) is 8.99. The highest BCUT2D eigenvalue weighted by molar-refractivity contribution is 6.08. The van der Waals surface area contributed by atoms with Gasteiger partial charge in [0.1, 0.15) is 0 Å². The molecule has 7 rings (SSSR count). The number of amides is 3. The Bertz CT molecular complexity index is 1840. The predicted octanol–water partition coefficient (Wildman–Crippen LogP) is 7.48. The number of alkyl halides is 3. The summed E-state index contributed by atoms with van der Waals surface area (Å²) in [5.74, 6) is 0.0260. The van der Waals surface area contributed by atoms with Crippen molar-refractivity contribution >= 4 is 34.8 Å². The van der Waals surface area contributed by atoms with E-state index in [1.807, 2.05) is 36.4 Å². The lowest BCUT2D eigenvalue weighted by molar-refractivity contribution is -0.137. The molecule has 0 bridgehead atoms. The molecule has 0 atom stereocenters. The maximum absolute atomic E-state index is 13.6. The van der Waals surface area contributed by atoms with Crippen LogP contribution in [-0.2, 0) is 20.6 Å². The molecule has 1 aromatic heterocycles. The number of rotatable bonds is 6. The Balaban J connectivity index is 1.27. The normalized spacial score (nSPS) is 17.1. The summed E-state index contributed by atoms with van der Waals surface area (Å²) in [5, 5.41) is 0. The Kier molecular flexibility index (Phi) is 7.58. The summed E-state index contributed by atoms with van der Waals surface area (Å²) in [7, 11) is 0. The molecule has 234 valence electrons. The number of carbonyl (C=O) groups excluding carboxylic acids is 3. The van der Waals surface area contributed by atoms with Crippen LogP contribution in [0.5, 0.6) is 0 Å². The number of benzene rings is 3. The fraction of sp³-hybridized carbons (Fsp3) is 0.278. The summed E-state index contributed by atoms with van der Waals surface area (Å²) in [4.78, 5) is 48.5. The lowest BCUT2D eigenvalue weighted by Gasteiger charge is -2.29. The zero-order valence-corrected chi connectivity index (χ0v) is 25.0. The summed E-state index contributed by atoms with van der Waals surface area (Å²) in [6, 6.07) is 20.2. The molecular weight excluding hydrogens is 593 g/mol. The van der Waals surface area contributed by atoms with E-state index in [1.165, 1.54) is 12.1 Å². The van der Waals surface area contributed by atoms with Crippen LogP contribution >= 0.6 is 0 Å². The van der Waals surface area contributed by atoms with Crippen LogP contribution in [0.3, 0.4) is 0 Å². The first-order valence-electron chi connectivity index (χ1n) is 15.5. The lowest BCUT2D eigenvalue weighted by Crippen LogP contribution is -2.31. The minimum Gasteiger partial charge on any atom is -0.312 e. The van der Waals surface area contributed by atoms with Gasteiger partial charge in [-0.2, -0.15) is 13.2 Å². The van der Waals surface area contributed by atoms with E-state index in [1.54, 1.807) is 39.1 Å². The molecule has 4 heterocycles. The Morgan fingerprint density at radius 2 is 1.09 bits per heavy atom. The summed E-state index contributed by atoms with van der Waals surface area (Å²) < 4.78 is 40.7. The number of halogens is 3. The highest BCUT2D eigenvalue weighted by atomic mass is 19.4. The van der Waals surface area contributed by atoms with Gasteiger partial charge in [0, 0.05) is 61.8 Å². The minimum atomic E-state index is -4.49. The van der Waals surface area contributed by atoms with Crippen molar-refractivity contribution in [2.24, 2.45) is 0 Å². The fourth-order valence-corrected chi connectivity index (χ4v) is 6.68. The molecule has 10 heteroatoms.